The van der Waals surface area contributed by atoms with E-state index in [0.717, 1.165) is 24.1 Å². The molecule has 6 heteroatoms. The second-order valence-electron chi connectivity index (χ2n) is 8.02. The Kier molecular flexibility index (Phi) is 6.15. The van der Waals surface area contributed by atoms with Gasteiger partial charge in [0.15, 0.2) is 5.78 Å². The number of ketones is 1. The predicted octanol–water partition coefficient (Wildman–Crippen LogP) is 4.10. The van der Waals surface area contributed by atoms with E-state index in [1.165, 1.54) is 7.11 Å². The molecule has 1 atom stereocenters. The molecule has 160 valence electrons. The molecule has 1 fully saturated rings. The van der Waals surface area contributed by atoms with Crippen molar-refractivity contribution in [2.24, 2.45) is 0 Å². The fourth-order valence-electron chi connectivity index (χ4n) is 4.20. The third kappa shape index (κ3) is 3.78. The molecule has 1 aliphatic rings. The van der Waals surface area contributed by atoms with Crippen molar-refractivity contribution in [1.82, 2.24) is 9.47 Å². The lowest BCUT2D eigenvalue weighted by molar-refractivity contribution is 0.0586. The molecule has 1 amide bonds. The highest BCUT2D eigenvalue weighted by atomic mass is 16.5. The molecule has 3 rings (SSSR count). The maximum atomic E-state index is 13.6. The highest BCUT2D eigenvalue weighted by molar-refractivity contribution is 6.07. The maximum absolute atomic E-state index is 13.6. The van der Waals surface area contributed by atoms with E-state index in [2.05, 4.69) is 0 Å². The van der Waals surface area contributed by atoms with Crippen molar-refractivity contribution in [3.63, 3.8) is 0 Å². The molecule has 1 saturated carbocycles. The van der Waals surface area contributed by atoms with Gasteiger partial charge in [-0.3, -0.25) is 9.59 Å². The summed E-state index contributed by atoms with van der Waals surface area (Å²) in [6.07, 6.45) is 1.80. The number of carbonyl (C=O) groups excluding carboxylic acids is 3. The number of amides is 1. The fraction of sp³-hybridized carbons (Fsp3) is 0.458. The fourth-order valence-corrected chi connectivity index (χ4v) is 4.20. The van der Waals surface area contributed by atoms with Crippen molar-refractivity contribution in [3.05, 3.63) is 57.9 Å². The Balaban J connectivity index is 1.99. The Labute approximate surface area is 177 Å². The minimum absolute atomic E-state index is 0.0757. The van der Waals surface area contributed by atoms with Crippen molar-refractivity contribution in [2.75, 3.05) is 7.11 Å². The van der Waals surface area contributed by atoms with Crippen LogP contribution in [0, 0.1) is 20.8 Å². The minimum Gasteiger partial charge on any atom is -0.464 e. The maximum Gasteiger partial charge on any atom is 0.354 e. The first kappa shape index (κ1) is 21.8. The molecule has 1 heterocycles. The van der Waals surface area contributed by atoms with Gasteiger partial charge in [0, 0.05) is 29.4 Å². The third-order valence-electron chi connectivity index (χ3n) is 5.98. The standard InChI is InChI=1S/C24H30N2O4/c1-7-25-16(4)20(15(3)21(25)24(29)30-6)22(27)17(5)26(19-12-13-19)23(28)18-10-8-14(2)9-11-18/h8-11,17,19H,7,12-13H2,1-6H3/t17-/m0/s1. The zero-order valence-electron chi connectivity index (χ0n) is 18.6. The second kappa shape index (κ2) is 8.46. The van der Waals surface area contributed by atoms with E-state index in [1.807, 2.05) is 49.6 Å². The predicted molar refractivity (Wildman–Crippen MR) is 115 cm³/mol. The van der Waals surface area contributed by atoms with Gasteiger partial charge >= 0.3 is 5.97 Å². The number of hydrogen-bond donors (Lipinski definition) is 0. The highest BCUT2D eigenvalue weighted by Crippen LogP contribution is 2.33. The average Bonchev–Trinajstić information content (AvgIpc) is 3.52. The summed E-state index contributed by atoms with van der Waals surface area (Å²) in [6.45, 7) is 9.84. The summed E-state index contributed by atoms with van der Waals surface area (Å²) in [5, 5.41) is 0. The van der Waals surface area contributed by atoms with Crippen molar-refractivity contribution in [2.45, 2.75) is 66.1 Å². The van der Waals surface area contributed by atoms with Crippen LogP contribution >= 0.6 is 0 Å². The molecule has 1 aromatic carbocycles. The van der Waals surface area contributed by atoms with Gasteiger partial charge in [-0.05, 0) is 65.2 Å². The smallest absolute Gasteiger partial charge is 0.354 e. The lowest BCUT2D eigenvalue weighted by Crippen LogP contribution is -2.45. The van der Waals surface area contributed by atoms with E-state index < -0.39 is 12.0 Å². The van der Waals surface area contributed by atoms with Crippen LogP contribution in [0.15, 0.2) is 24.3 Å². The van der Waals surface area contributed by atoms with Crippen LogP contribution in [-0.4, -0.2) is 46.3 Å². The number of hydrogen-bond acceptors (Lipinski definition) is 4. The van der Waals surface area contributed by atoms with Gasteiger partial charge in [-0.15, -0.1) is 0 Å². The number of aromatic nitrogens is 1. The Bertz CT molecular complexity index is 984. The Morgan fingerprint density at radius 2 is 1.73 bits per heavy atom. The summed E-state index contributed by atoms with van der Waals surface area (Å²) in [6, 6.07) is 6.88. The number of aryl methyl sites for hydroxylation is 1. The van der Waals surface area contributed by atoms with Gasteiger partial charge in [-0.2, -0.15) is 0 Å². The Morgan fingerprint density at radius 3 is 2.23 bits per heavy atom. The molecule has 1 aromatic heterocycles. The van der Waals surface area contributed by atoms with Crippen molar-refractivity contribution < 1.29 is 19.1 Å². The first-order valence-corrected chi connectivity index (χ1v) is 10.4. The Morgan fingerprint density at radius 1 is 1.13 bits per heavy atom. The molecule has 6 nitrogen and oxygen atoms in total. The molecule has 0 spiro atoms. The molecule has 0 radical (unpaired) electrons. The highest BCUT2D eigenvalue weighted by Gasteiger charge is 2.40. The van der Waals surface area contributed by atoms with Crippen LogP contribution in [-0.2, 0) is 11.3 Å². The summed E-state index contributed by atoms with van der Waals surface area (Å²) in [5.74, 6) is -0.731. The lowest BCUT2D eigenvalue weighted by atomic mass is 9.99. The molecular formula is C24H30N2O4. The third-order valence-corrected chi connectivity index (χ3v) is 5.98. The second-order valence-corrected chi connectivity index (χ2v) is 8.02. The van der Waals surface area contributed by atoms with E-state index in [4.69, 9.17) is 4.74 Å². The van der Waals surface area contributed by atoms with Crippen LogP contribution in [0.3, 0.4) is 0 Å². The molecule has 2 aromatic rings. The van der Waals surface area contributed by atoms with E-state index >= 15 is 0 Å². The number of rotatable bonds is 7. The molecule has 30 heavy (non-hydrogen) atoms. The monoisotopic (exact) mass is 410 g/mol. The van der Waals surface area contributed by atoms with Crippen LogP contribution < -0.4 is 0 Å². The zero-order valence-corrected chi connectivity index (χ0v) is 18.6. The summed E-state index contributed by atoms with van der Waals surface area (Å²) in [5.41, 5.74) is 3.91. The van der Waals surface area contributed by atoms with Crippen molar-refractivity contribution in [1.29, 1.82) is 0 Å². The topological polar surface area (TPSA) is 68.6 Å². The van der Waals surface area contributed by atoms with Gasteiger partial charge in [0.05, 0.1) is 13.2 Å². The first-order valence-electron chi connectivity index (χ1n) is 10.4. The number of methoxy groups -OCH3 is 1. The number of ether oxygens (including phenoxy) is 1. The summed E-state index contributed by atoms with van der Waals surface area (Å²) in [4.78, 5) is 40.9. The average molecular weight is 411 g/mol. The van der Waals surface area contributed by atoms with Crippen LogP contribution in [0.2, 0.25) is 0 Å². The molecule has 0 bridgehead atoms. The van der Waals surface area contributed by atoms with Gasteiger partial charge in [-0.1, -0.05) is 17.7 Å². The van der Waals surface area contributed by atoms with E-state index in [0.29, 0.717) is 28.9 Å². The summed E-state index contributed by atoms with van der Waals surface area (Å²) >= 11 is 0. The van der Waals surface area contributed by atoms with E-state index in [1.54, 1.807) is 18.7 Å². The summed E-state index contributed by atoms with van der Waals surface area (Å²) in [7, 11) is 1.34. The van der Waals surface area contributed by atoms with Crippen LogP contribution in [0.5, 0.6) is 0 Å². The van der Waals surface area contributed by atoms with Gasteiger partial charge in [0.1, 0.15) is 5.69 Å². The molecule has 0 aliphatic heterocycles. The van der Waals surface area contributed by atoms with Crippen molar-refractivity contribution in [3.8, 4) is 0 Å². The van der Waals surface area contributed by atoms with Gasteiger partial charge in [0.25, 0.3) is 5.91 Å². The number of esters is 1. The van der Waals surface area contributed by atoms with Crippen LogP contribution in [0.4, 0.5) is 0 Å². The SMILES string of the molecule is CCn1c(C)c(C(=O)[C@H](C)N(C(=O)c2ccc(C)cc2)C2CC2)c(C)c1C(=O)OC. The molecule has 0 N–H and O–H groups in total. The first-order chi connectivity index (χ1) is 14.2. The normalized spacial score (nSPS) is 14.3. The van der Waals surface area contributed by atoms with E-state index in [-0.39, 0.29) is 17.7 Å². The molecule has 0 saturated heterocycles. The molecule has 0 unspecified atom stereocenters. The molecular weight excluding hydrogens is 380 g/mol. The quantitative estimate of drug-likeness (QED) is 0.509. The van der Waals surface area contributed by atoms with Crippen LogP contribution in [0.25, 0.3) is 0 Å². The number of nitrogens with zero attached hydrogens (tertiary/aromatic N) is 2. The van der Waals surface area contributed by atoms with E-state index in [9.17, 15) is 14.4 Å². The zero-order chi connectivity index (χ0) is 22.2. The van der Waals surface area contributed by atoms with Crippen LogP contribution in [0.1, 0.15) is 74.7 Å². The number of Topliss-reactive ketones (excluding diaryl/α,β-unsaturated/α-hetero) is 1. The number of benzene rings is 1. The summed E-state index contributed by atoms with van der Waals surface area (Å²) < 4.78 is 6.74. The minimum atomic E-state index is -0.623. The molecule has 1 aliphatic carbocycles. The van der Waals surface area contributed by atoms with Gasteiger partial charge in [0.2, 0.25) is 0 Å². The van der Waals surface area contributed by atoms with Crippen molar-refractivity contribution >= 4 is 17.7 Å². The lowest BCUT2D eigenvalue weighted by Gasteiger charge is -2.29. The number of carbonyl (C=O) groups is 3. The largest absolute Gasteiger partial charge is 0.464 e. The Hall–Kier alpha value is -2.89. The van der Waals surface area contributed by atoms with Gasteiger partial charge in [-0.25, -0.2) is 4.79 Å². The van der Waals surface area contributed by atoms with Gasteiger partial charge < -0.3 is 14.2 Å².